The van der Waals surface area contributed by atoms with Crippen molar-refractivity contribution in [2.75, 3.05) is 59.1 Å². The first-order valence-corrected chi connectivity index (χ1v) is 24.6. The van der Waals surface area contributed by atoms with Crippen molar-refractivity contribution in [2.45, 2.75) is 133 Å². The number of phosphoric acid groups is 3. The molecule has 0 radical (unpaired) electrons. The SMILES string of the molecule is NCCCCCC(=O)N1C[C@H](O)C[C@H]1COP(=O)(O)O[C@@H]1C[C@@H](COP(=O)(O)O[C@@H]2C[C@@H](COP(=O)(O)O)N(C(=O)CCCCCN)C2)N(C(=O)CCCCCN)C1. The lowest BCUT2D eigenvalue weighted by atomic mass is 10.1. The number of carbonyl (C=O) groups excluding carboxylic acids is 3. The minimum absolute atomic E-state index is 0.0593. The summed E-state index contributed by atoms with van der Waals surface area (Å²) in [6, 6.07) is -2.44. The lowest BCUT2D eigenvalue weighted by Crippen LogP contribution is -2.38. The third-order valence-electron chi connectivity index (χ3n) is 10.2. The first-order chi connectivity index (χ1) is 27.4. The molecule has 0 aliphatic carbocycles. The van der Waals surface area contributed by atoms with Crippen molar-refractivity contribution in [2.24, 2.45) is 17.2 Å². The molecular weight excluding hydrogens is 829 g/mol. The third kappa shape index (κ3) is 18.3. The smallest absolute Gasteiger partial charge is 0.391 e. The van der Waals surface area contributed by atoms with Gasteiger partial charge in [0.25, 0.3) is 0 Å². The molecule has 3 rings (SSSR count). The Bertz CT molecular complexity index is 1450. The second-order valence-corrected chi connectivity index (χ2v) is 19.1. The van der Waals surface area contributed by atoms with E-state index >= 15 is 0 Å². The summed E-state index contributed by atoms with van der Waals surface area (Å²) in [4.78, 5) is 83.1. The fourth-order valence-corrected chi connectivity index (χ4v) is 9.65. The number of hydrogen-bond donors (Lipinski definition) is 8. The van der Waals surface area contributed by atoms with Crippen LogP contribution in [0.25, 0.3) is 0 Å². The van der Waals surface area contributed by atoms with Crippen molar-refractivity contribution < 1.29 is 75.4 Å². The van der Waals surface area contributed by atoms with Gasteiger partial charge in [-0.05, 0) is 77.4 Å². The van der Waals surface area contributed by atoms with Gasteiger partial charge in [0.05, 0.1) is 56.3 Å². The summed E-state index contributed by atoms with van der Waals surface area (Å²) in [6.07, 6.45) is 3.35. The first-order valence-electron chi connectivity index (χ1n) is 20.0. The summed E-state index contributed by atoms with van der Waals surface area (Å²) in [5, 5.41) is 10.2. The minimum Gasteiger partial charge on any atom is -0.391 e. The fourth-order valence-electron chi connectivity index (χ4n) is 7.39. The largest absolute Gasteiger partial charge is 0.472 e. The molecule has 8 atom stereocenters. The van der Waals surface area contributed by atoms with Crippen LogP contribution in [0.15, 0.2) is 0 Å². The van der Waals surface area contributed by atoms with Gasteiger partial charge in [0.1, 0.15) is 0 Å². The molecule has 2 unspecified atom stereocenters. The van der Waals surface area contributed by atoms with E-state index in [2.05, 4.69) is 4.52 Å². The van der Waals surface area contributed by atoms with Crippen molar-refractivity contribution in [3.63, 3.8) is 0 Å². The maximum atomic E-state index is 13.3. The lowest BCUT2D eigenvalue weighted by Gasteiger charge is -2.26. The van der Waals surface area contributed by atoms with Crippen LogP contribution < -0.4 is 17.2 Å². The lowest BCUT2D eigenvalue weighted by molar-refractivity contribution is -0.133. The maximum absolute atomic E-state index is 13.3. The van der Waals surface area contributed by atoms with E-state index in [1.54, 1.807) is 0 Å². The van der Waals surface area contributed by atoms with Gasteiger partial charge in [0, 0.05) is 38.9 Å². The number of nitrogens with zero attached hydrogens (tertiary/aromatic N) is 3. The van der Waals surface area contributed by atoms with Gasteiger partial charge in [0.2, 0.25) is 17.7 Å². The highest BCUT2D eigenvalue weighted by molar-refractivity contribution is 7.47. The molecule has 3 aliphatic rings. The normalized spacial score (nSPS) is 26.0. The van der Waals surface area contributed by atoms with Gasteiger partial charge in [-0.1, -0.05) is 19.3 Å². The van der Waals surface area contributed by atoms with Crippen molar-refractivity contribution in [3.8, 4) is 0 Å². The molecule has 3 aliphatic heterocycles. The Kier molecular flexibility index (Phi) is 21.8. The highest BCUT2D eigenvalue weighted by Crippen LogP contribution is 2.49. The van der Waals surface area contributed by atoms with Gasteiger partial charge >= 0.3 is 23.5 Å². The number of unbranched alkanes of at least 4 members (excludes halogenated alkanes) is 6. The number of hydrogen-bond acceptors (Lipinski definition) is 15. The number of carbonyl (C=O) groups is 3. The highest BCUT2D eigenvalue weighted by Gasteiger charge is 2.44. The van der Waals surface area contributed by atoms with Crippen LogP contribution in [0.4, 0.5) is 0 Å². The van der Waals surface area contributed by atoms with Gasteiger partial charge in [0.15, 0.2) is 0 Å². The highest BCUT2D eigenvalue weighted by atomic mass is 31.2. The summed E-state index contributed by atoms with van der Waals surface area (Å²) >= 11 is 0. The number of likely N-dealkylation sites (tertiary alicyclic amines) is 3. The molecule has 0 saturated carbocycles. The Balaban J connectivity index is 1.62. The summed E-state index contributed by atoms with van der Waals surface area (Å²) in [5.74, 6) is -0.939. The number of β-amino-alcohol motifs (C(OH)–C–C–N with tert-alkyl or cyclic N) is 1. The Morgan fingerprint density at radius 2 is 0.862 bits per heavy atom. The Hall–Kier alpha value is -1.42. The number of nitrogens with two attached hydrogens (primary N) is 3. The minimum atomic E-state index is -4.89. The van der Waals surface area contributed by atoms with E-state index < -0.39 is 79.7 Å². The number of aliphatic hydroxyl groups is 1. The van der Waals surface area contributed by atoms with E-state index in [9.17, 15) is 52.8 Å². The Labute approximate surface area is 339 Å². The van der Waals surface area contributed by atoms with E-state index in [1.807, 2.05) is 0 Å². The van der Waals surface area contributed by atoms with E-state index in [0.29, 0.717) is 64.6 Å². The molecule has 0 bridgehead atoms. The molecule has 0 spiro atoms. The standard InChI is InChI=1S/C33H65N6O16P3/c34-13-7-1-4-10-31(41)37-19-28(40)16-25(37)23-52-57(47,48)55-30-18-27(39(21-30)33(43)12-6-3-9-15-36)24-53-58(49,50)54-29-17-26(22-51-56(44,45)46)38(20-29)32(42)11-5-2-8-14-35/h25-30,40H,1-24,34-36H2,(H,47,48)(H,49,50)(H2,44,45,46)/t25-,26-,27-,28+,29+,30+/m0/s1. The molecular formula is C33H65N6O16P3. The van der Waals surface area contributed by atoms with Gasteiger partial charge in [-0.25, -0.2) is 13.7 Å². The average molecular weight is 895 g/mol. The van der Waals surface area contributed by atoms with Crippen LogP contribution in [0.1, 0.15) is 96.3 Å². The Morgan fingerprint density at radius 1 is 0.517 bits per heavy atom. The zero-order chi connectivity index (χ0) is 42.9. The second kappa shape index (κ2) is 24.9. The molecule has 0 aromatic heterocycles. The van der Waals surface area contributed by atoms with Gasteiger partial charge in [-0.3, -0.25) is 37.0 Å². The van der Waals surface area contributed by atoms with Crippen LogP contribution in [-0.2, 0) is 50.7 Å². The summed E-state index contributed by atoms with van der Waals surface area (Å²) in [7, 11) is -14.6. The predicted molar refractivity (Wildman–Crippen MR) is 208 cm³/mol. The summed E-state index contributed by atoms with van der Waals surface area (Å²) in [6.45, 7) is -0.360. The molecule has 0 aromatic carbocycles. The van der Waals surface area contributed by atoms with Gasteiger partial charge < -0.3 is 56.6 Å². The van der Waals surface area contributed by atoms with Crippen LogP contribution >= 0.6 is 23.5 Å². The van der Waals surface area contributed by atoms with E-state index in [4.69, 9.17) is 35.3 Å². The maximum Gasteiger partial charge on any atom is 0.472 e. The summed E-state index contributed by atoms with van der Waals surface area (Å²) in [5.41, 5.74) is 16.6. The van der Waals surface area contributed by atoms with Gasteiger partial charge in [-0.2, -0.15) is 0 Å². The van der Waals surface area contributed by atoms with Crippen molar-refractivity contribution in [1.82, 2.24) is 14.7 Å². The molecule has 11 N–H and O–H groups in total. The van der Waals surface area contributed by atoms with Crippen LogP contribution in [-0.4, -0.2) is 153 Å². The Morgan fingerprint density at radius 3 is 1.22 bits per heavy atom. The van der Waals surface area contributed by atoms with Crippen molar-refractivity contribution in [3.05, 3.63) is 0 Å². The molecule has 3 heterocycles. The average Bonchev–Trinajstić information content (AvgIpc) is 3.86. The molecule has 3 amide bonds. The molecule has 58 heavy (non-hydrogen) atoms. The van der Waals surface area contributed by atoms with Gasteiger partial charge in [-0.15, -0.1) is 0 Å². The van der Waals surface area contributed by atoms with E-state index in [0.717, 1.165) is 12.8 Å². The van der Waals surface area contributed by atoms with Crippen LogP contribution in [0.5, 0.6) is 0 Å². The molecule has 25 heteroatoms. The second-order valence-electron chi connectivity index (χ2n) is 15.0. The molecule has 3 saturated heterocycles. The monoisotopic (exact) mass is 894 g/mol. The van der Waals surface area contributed by atoms with Crippen LogP contribution in [0.2, 0.25) is 0 Å². The topological polar surface area (TPSA) is 337 Å². The zero-order valence-corrected chi connectivity index (χ0v) is 35.8. The van der Waals surface area contributed by atoms with Crippen molar-refractivity contribution in [1.29, 1.82) is 0 Å². The predicted octanol–water partition coefficient (Wildman–Crippen LogP) is 0.821. The molecule has 3 fully saturated rings. The number of phosphoric ester groups is 3. The summed E-state index contributed by atoms with van der Waals surface area (Å²) < 4.78 is 63.9. The number of aliphatic hydroxyl groups excluding tert-OH is 1. The quantitative estimate of drug-likeness (QED) is 0.0398. The third-order valence-corrected chi connectivity index (χ3v) is 12.8. The van der Waals surface area contributed by atoms with Crippen LogP contribution in [0, 0.1) is 0 Å². The fraction of sp³-hybridized carbons (Fsp3) is 0.909. The molecule has 338 valence electrons. The first kappa shape index (κ1) is 50.9. The number of amides is 3. The number of rotatable bonds is 28. The van der Waals surface area contributed by atoms with Crippen molar-refractivity contribution >= 4 is 41.2 Å². The molecule has 22 nitrogen and oxygen atoms in total. The van der Waals surface area contributed by atoms with E-state index in [-0.39, 0.29) is 75.9 Å². The van der Waals surface area contributed by atoms with Crippen LogP contribution in [0.3, 0.4) is 0 Å². The van der Waals surface area contributed by atoms with E-state index in [1.165, 1.54) is 14.7 Å². The molecule has 0 aromatic rings. The zero-order valence-electron chi connectivity index (χ0n) is 33.1.